The van der Waals surface area contributed by atoms with Crippen molar-refractivity contribution in [2.24, 2.45) is 0 Å². The molecule has 2 aromatic heterocycles. The van der Waals surface area contributed by atoms with E-state index in [0.717, 1.165) is 22.5 Å². The summed E-state index contributed by atoms with van der Waals surface area (Å²) in [6.45, 7) is 8.41. The van der Waals surface area contributed by atoms with E-state index in [4.69, 9.17) is 4.98 Å². The zero-order chi connectivity index (χ0) is 16.9. The molecule has 4 nitrogen and oxygen atoms in total. The zero-order valence-corrected chi connectivity index (χ0v) is 14.6. The summed E-state index contributed by atoms with van der Waals surface area (Å²) in [5.41, 5.74) is 4.62. The smallest absolute Gasteiger partial charge is 0.198 e. The molecule has 0 unspecified atom stereocenters. The van der Waals surface area contributed by atoms with Gasteiger partial charge in [-0.05, 0) is 30.7 Å². The van der Waals surface area contributed by atoms with Gasteiger partial charge >= 0.3 is 0 Å². The van der Waals surface area contributed by atoms with Crippen molar-refractivity contribution in [3.05, 3.63) is 45.7 Å². The molecule has 3 aromatic rings. The summed E-state index contributed by atoms with van der Waals surface area (Å²) >= 11 is 0. The Balaban J connectivity index is 2.47. The third kappa shape index (κ3) is 2.48. The molecule has 0 fully saturated rings. The lowest BCUT2D eigenvalue weighted by Crippen LogP contribution is -2.16. The van der Waals surface area contributed by atoms with E-state index in [1.165, 1.54) is 0 Å². The SMILES string of the molecule is Cc1ccc2c(=O)c3ccc(C(C)(C)C)nc3[nH]c2c1N(C)C. The molecule has 2 heterocycles. The molecule has 120 valence electrons. The summed E-state index contributed by atoms with van der Waals surface area (Å²) in [4.78, 5) is 23.0. The van der Waals surface area contributed by atoms with Crippen LogP contribution in [0.25, 0.3) is 21.9 Å². The van der Waals surface area contributed by atoms with E-state index in [1.807, 2.05) is 43.3 Å². The van der Waals surface area contributed by atoms with Crippen LogP contribution in [0.5, 0.6) is 0 Å². The molecule has 23 heavy (non-hydrogen) atoms. The Bertz CT molecular complexity index is 962. The molecule has 0 radical (unpaired) electrons. The molecule has 0 saturated carbocycles. The van der Waals surface area contributed by atoms with Crippen LogP contribution in [-0.4, -0.2) is 24.1 Å². The second kappa shape index (κ2) is 5.08. The standard InChI is InChI=1S/C19H23N3O/c1-11-7-8-12-15(16(11)22(5)6)21-18-13(17(12)23)9-10-14(20-18)19(2,3)4/h7-10H,1-6H3,(H,20,21,23). The van der Waals surface area contributed by atoms with Crippen molar-refractivity contribution >= 4 is 27.6 Å². The van der Waals surface area contributed by atoms with E-state index < -0.39 is 0 Å². The Labute approximate surface area is 136 Å². The van der Waals surface area contributed by atoms with Crippen molar-refractivity contribution < 1.29 is 0 Å². The molecular weight excluding hydrogens is 286 g/mol. The minimum absolute atomic E-state index is 0.0322. The van der Waals surface area contributed by atoms with Crippen LogP contribution in [0.15, 0.2) is 29.1 Å². The van der Waals surface area contributed by atoms with Crippen LogP contribution in [0.3, 0.4) is 0 Å². The van der Waals surface area contributed by atoms with Gasteiger partial charge in [-0.3, -0.25) is 4.79 Å². The van der Waals surface area contributed by atoms with E-state index in [1.54, 1.807) is 0 Å². The van der Waals surface area contributed by atoms with Crippen LogP contribution in [0.4, 0.5) is 5.69 Å². The average molecular weight is 309 g/mol. The molecule has 0 aliphatic rings. The van der Waals surface area contributed by atoms with Crippen molar-refractivity contribution in [3.63, 3.8) is 0 Å². The predicted molar refractivity (Wildman–Crippen MR) is 97.6 cm³/mol. The molecule has 0 bridgehead atoms. The van der Waals surface area contributed by atoms with Crippen molar-refractivity contribution in [1.29, 1.82) is 0 Å². The minimum Gasteiger partial charge on any atom is -0.376 e. The first-order valence-corrected chi connectivity index (χ1v) is 7.84. The number of rotatable bonds is 1. The number of aromatic amines is 1. The first-order valence-electron chi connectivity index (χ1n) is 7.84. The summed E-state index contributed by atoms with van der Waals surface area (Å²) in [6, 6.07) is 7.73. The molecule has 0 aliphatic carbocycles. The van der Waals surface area contributed by atoms with Crippen molar-refractivity contribution in [2.45, 2.75) is 33.1 Å². The molecule has 0 spiro atoms. The van der Waals surface area contributed by atoms with Crippen LogP contribution in [0.2, 0.25) is 0 Å². The van der Waals surface area contributed by atoms with Crippen molar-refractivity contribution in [1.82, 2.24) is 9.97 Å². The van der Waals surface area contributed by atoms with E-state index >= 15 is 0 Å². The van der Waals surface area contributed by atoms with Crippen LogP contribution in [-0.2, 0) is 5.41 Å². The quantitative estimate of drug-likeness (QED) is 0.697. The molecule has 0 amide bonds. The molecular formula is C19H23N3O. The highest BCUT2D eigenvalue weighted by atomic mass is 16.1. The maximum atomic E-state index is 12.9. The number of H-pyrrole nitrogens is 1. The lowest BCUT2D eigenvalue weighted by molar-refractivity contribution is 0.571. The summed E-state index contributed by atoms with van der Waals surface area (Å²) < 4.78 is 0. The van der Waals surface area contributed by atoms with Gasteiger partial charge in [-0.1, -0.05) is 26.8 Å². The number of benzene rings is 1. The number of anilines is 1. The van der Waals surface area contributed by atoms with Gasteiger partial charge in [-0.25, -0.2) is 4.98 Å². The van der Waals surface area contributed by atoms with Gasteiger partial charge in [0.1, 0.15) is 5.65 Å². The second-order valence-electron chi connectivity index (χ2n) is 7.34. The highest BCUT2D eigenvalue weighted by molar-refractivity contribution is 5.98. The summed E-state index contributed by atoms with van der Waals surface area (Å²) in [5, 5.41) is 1.34. The van der Waals surface area contributed by atoms with Gasteiger partial charge < -0.3 is 9.88 Å². The molecule has 0 atom stereocenters. The molecule has 0 aliphatic heterocycles. The third-order valence-electron chi connectivity index (χ3n) is 4.22. The number of aryl methyl sites for hydroxylation is 1. The monoisotopic (exact) mass is 309 g/mol. The lowest BCUT2D eigenvalue weighted by atomic mass is 9.91. The van der Waals surface area contributed by atoms with Crippen LogP contribution in [0, 0.1) is 6.92 Å². The largest absolute Gasteiger partial charge is 0.376 e. The van der Waals surface area contributed by atoms with E-state index in [2.05, 4.69) is 32.7 Å². The highest BCUT2D eigenvalue weighted by Gasteiger charge is 2.18. The number of pyridine rings is 2. The maximum Gasteiger partial charge on any atom is 0.198 e. The maximum absolute atomic E-state index is 12.9. The van der Waals surface area contributed by atoms with Crippen molar-refractivity contribution in [3.8, 4) is 0 Å². The molecule has 1 aromatic carbocycles. The number of nitrogens with one attached hydrogen (secondary N) is 1. The average Bonchev–Trinajstić information content (AvgIpc) is 2.45. The van der Waals surface area contributed by atoms with Crippen molar-refractivity contribution in [2.75, 3.05) is 19.0 Å². The van der Waals surface area contributed by atoms with Gasteiger partial charge in [0.2, 0.25) is 0 Å². The van der Waals surface area contributed by atoms with Gasteiger partial charge in [0.15, 0.2) is 5.43 Å². The summed E-state index contributed by atoms with van der Waals surface area (Å²) in [5.74, 6) is 0. The van der Waals surface area contributed by atoms with Crippen LogP contribution < -0.4 is 10.3 Å². The number of fused-ring (bicyclic) bond motifs is 2. The predicted octanol–water partition coefficient (Wildman–Crippen LogP) is 3.75. The van der Waals surface area contributed by atoms with E-state index in [-0.39, 0.29) is 10.8 Å². The molecule has 4 heteroatoms. The van der Waals surface area contributed by atoms with Gasteiger partial charge in [-0.15, -0.1) is 0 Å². The van der Waals surface area contributed by atoms with Gasteiger partial charge in [0.25, 0.3) is 0 Å². The molecule has 1 N–H and O–H groups in total. The van der Waals surface area contributed by atoms with Crippen LogP contribution in [0.1, 0.15) is 32.0 Å². The fourth-order valence-electron chi connectivity index (χ4n) is 3.01. The number of hydrogen-bond acceptors (Lipinski definition) is 3. The van der Waals surface area contributed by atoms with E-state index in [9.17, 15) is 4.79 Å². The van der Waals surface area contributed by atoms with Crippen LogP contribution >= 0.6 is 0 Å². The normalized spacial score (nSPS) is 12.1. The first-order chi connectivity index (χ1) is 10.7. The Kier molecular flexibility index (Phi) is 3.43. The fraction of sp³-hybridized carbons (Fsp3) is 0.368. The van der Waals surface area contributed by atoms with E-state index in [0.29, 0.717) is 16.4 Å². The minimum atomic E-state index is -0.0585. The zero-order valence-electron chi connectivity index (χ0n) is 14.6. The number of nitrogens with zero attached hydrogens (tertiary/aromatic N) is 2. The van der Waals surface area contributed by atoms with Gasteiger partial charge in [0.05, 0.1) is 16.6 Å². The summed E-state index contributed by atoms with van der Waals surface area (Å²) in [7, 11) is 3.98. The number of aromatic nitrogens is 2. The highest BCUT2D eigenvalue weighted by Crippen LogP contribution is 2.28. The first kappa shape index (κ1) is 15.5. The molecule has 0 saturated heterocycles. The van der Waals surface area contributed by atoms with Gasteiger partial charge in [0, 0.05) is 30.6 Å². The number of hydrogen-bond donors (Lipinski definition) is 1. The lowest BCUT2D eigenvalue weighted by Gasteiger charge is -2.20. The molecule has 3 rings (SSSR count). The van der Waals surface area contributed by atoms with Gasteiger partial charge in [-0.2, -0.15) is 0 Å². The Hall–Kier alpha value is -2.36. The third-order valence-corrected chi connectivity index (χ3v) is 4.22. The second-order valence-corrected chi connectivity index (χ2v) is 7.34. The summed E-state index contributed by atoms with van der Waals surface area (Å²) in [6.07, 6.45) is 0. The fourth-order valence-corrected chi connectivity index (χ4v) is 3.01. The Morgan fingerprint density at radius 3 is 2.30 bits per heavy atom. The Morgan fingerprint density at radius 2 is 1.70 bits per heavy atom. The topological polar surface area (TPSA) is 49.0 Å². The Morgan fingerprint density at radius 1 is 1.04 bits per heavy atom.